The van der Waals surface area contributed by atoms with Crippen molar-refractivity contribution < 1.29 is 8.78 Å². The molecule has 2 N–H and O–H groups in total. The molecular formula is C8H9ClF2N2. The van der Waals surface area contributed by atoms with Crippen molar-refractivity contribution in [1.29, 1.82) is 0 Å². The van der Waals surface area contributed by atoms with Crippen molar-refractivity contribution >= 4 is 17.3 Å². The van der Waals surface area contributed by atoms with Crippen LogP contribution in [0.4, 0.5) is 14.5 Å². The molecule has 0 spiro atoms. The van der Waals surface area contributed by atoms with Gasteiger partial charge in [-0.2, -0.15) is 0 Å². The van der Waals surface area contributed by atoms with E-state index in [1.807, 2.05) is 0 Å². The van der Waals surface area contributed by atoms with Crippen LogP contribution in [0.3, 0.4) is 0 Å². The Labute approximate surface area is 79.7 Å². The van der Waals surface area contributed by atoms with Gasteiger partial charge in [-0.05, 0) is 13.0 Å². The lowest BCUT2D eigenvalue weighted by Gasteiger charge is -2.09. The van der Waals surface area contributed by atoms with Crippen LogP contribution < -0.4 is 5.73 Å². The summed E-state index contributed by atoms with van der Waals surface area (Å²) < 4.78 is 24.8. The summed E-state index contributed by atoms with van der Waals surface area (Å²) in [6.07, 6.45) is -2.63. The van der Waals surface area contributed by atoms with E-state index >= 15 is 0 Å². The number of hydrogen-bond donors (Lipinski definition) is 1. The van der Waals surface area contributed by atoms with E-state index in [1.165, 1.54) is 6.07 Å². The minimum atomic E-state index is -2.63. The molecule has 0 unspecified atom stereocenters. The first-order valence-electron chi connectivity index (χ1n) is 3.66. The highest BCUT2D eigenvalue weighted by molar-refractivity contribution is 6.17. The summed E-state index contributed by atoms with van der Waals surface area (Å²) in [6, 6.07) is 1.53. The Balaban J connectivity index is 3.29. The molecule has 0 aliphatic carbocycles. The zero-order valence-corrected chi connectivity index (χ0v) is 7.78. The van der Waals surface area contributed by atoms with Crippen molar-refractivity contribution in [1.82, 2.24) is 4.98 Å². The summed E-state index contributed by atoms with van der Waals surface area (Å²) in [5.74, 6) is -0.0429. The minimum absolute atomic E-state index is 0.0429. The molecule has 0 aromatic carbocycles. The van der Waals surface area contributed by atoms with Gasteiger partial charge in [0.1, 0.15) is 5.69 Å². The van der Waals surface area contributed by atoms with E-state index < -0.39 is 6.43 Å². The first-order chi connectivity index (χ1) is 6.06. The maximum atomic E-state index is 12.4. The Morgan fingerprint density at radius 2 is 2.23 bits per heavy atom. The average molecular weight is 207 g/mol. The monoisotopic (exact) mass is 206 g/mol. The van der Waals surface area contributed by atoms with E-state index in [0.717, 1.165) is 0 Å². The SMILES string of the molecule is Cc1cc(N)c(CCl)c(C(F)F)n1. The topological polar surface area (TPSA) is 38.9 Å². The number of nitrogens with zero attached hydrogens (tertiary/aromatic N) is 1. The van der Waals surface area contributed by atoms with Crippen molar-refractivity contribution in [2.75, 3.05) is 5.73 Å². The molecule has 0 amide bonds. The van der Waals surface area contributed by atoms with Gasteiger partial charge in [0.25, 0.3) is 6.43 Å². The molecule has 72 valence electrons. The van der Waals surface area contributed by atoms with Crippen LogP contribution in [0, 0.1) is 6.92 Å². The third-order valence-corrected chi connectivity index (χ3v) is 1.93. The number of alkyl halides is 3. The lowest BCUT2D eigenvalue weighted by Crippen LogP contribution is -2.03. The number of anilines is 1. The van der Waals surface area contributed by atoms with Gasteiger partial charge >= 0.3 is 0 Å². The van der Waals surface area contributed by atoms with Crippen molar-refractivity contribution in [3.05, 3.63) is 23.0 Å². The fourth-order valence-corrected chi connectivity index (χ4v) is 1.37. The first-order valence-corrected chi connectivity index (χ1v) is 4.19. The van der Waals surface area contributed by atoms with Crippen molar-refractivity contribution in [3.63, 3.8) is 0 Å². The number of nitrogens with two attached hydrogens (primary N) is 1. The smallest absolute Gasteiger partial charge is 0.280 e. The molecular weight excluding hydrogens is 198 g/mol. The maximum Gasteiger partial charge on any atom is 0.280 e. The predicted octanol–water partition coefficient (Wildman–Crippen LogP) is 2.65. The number of halogens is 3. The van der Waals surface area contributed by atoms with Crippen molar-refractivity contribution in [3.8, 4) is 0 Å². The molecule has 1 aromatic rings. The Morgan fingerprint density at radius 3 is 2.69 bits per heavy atom. The molecule has 0 bridgehead atoms. The molecule has 2 nitrogen and oxygen atoms in total. The Morgan fingerprint density at radius 1 is 1.62 bits per heavy atom. The quantitative estimate of drug-likeness (QED) is 0.756. The maximum absolute atomic E-state index is 12.4. The Bertz CT molecular complexity index is 315. The second-order valence-electron chi connectivity index (χ2n) is 2.65. The molecule has 13 heavy (non-hydrogen) atoms. The summed E-state index contributed by atoms with van der Waals surface area (Å²) in [5.41, 5.74) is 6.17. The summed E-state index contributed by atoms with van der Waals surface area (Å²) in [7, 11) is 0. The number of aryl methyl sites for hydroxylation is 1. The van der Waals surface area contributed by atoms with Crippen LogP contribution >= 0.6 is 11.6 Å². The van der Waals surface area contributed by atoms with Gasteiger partial charge in [0, 0.05) is 16.9 Å². The van der Waals surface area contributed by atoms with Crippen LogP contribution in [0.15, 0.2) is 6.07 Å². The van der Waals surface area contributed by atoms with Crippen molar-refractivity contribution in [2.45, 2.75) is 19.2 Å². The van der Waals surface area contributed by atoms with E-state index in [-0.39, 0.29) is 22.8 Å². The number of hydrogen-bond acceptors (Lipinski definition) is 2. The first kappa shape index (κ1) is 10.2. The van der Waals surface area contributed by atoms with Gasteiger partial charge in [0.15, 0.2) is 0 Å². The van der Waals surface area contributed by atoms with Crippen LogP contribution in [0.5, 0.6) is 0 Å². The second kappa shape index (κ2) is 3.87. The molecule has 1 heterocycles. The van der Waals surface area contributed by atoms with E-state index in [1.54, 1.807) is 6.92 Å². The van der Waals surface area contributed by atoms with E-state index in [9.17, 15) is 8.78 Å². The average Bonchev–Trinajstić information content (AvgIpc) is 2.02. The van der Waals surface area contributed by atoms with Crippen LogP contribution in [0.2, 0.25) is 0 Å². The van der Waals surface area contributed by atoms with Gasteiger partial charge in [0.2, 0.25) is 0 Å². The molecule has 0 radical (unpaired) electrons. The summed E-state index contributed by atoms with van der Waals surface area (Å²) >= 11 is 5.48. The zero-order chi connectivity index (χ0) is 10.0. The number of aromatic nitrogens is 1. The highest BCUT2D eigenvalue weighted by Crippen LogP contribution is 2.26. The molecule has 1 rings (SSSR count). The van der Waals surface area contributed by atoms with Gasteiger partial charge in [-0.25, -0.2) is 8.78 Å². The number of rotatable bonds is 2. The van der Waals surface area contributed by atoms with Crippen LogP contribution in [0.25, 0.3) is 0 Å². The highest BCUT2D eigenvalue weighted by atomic mass is 35.5. The summed E-state index contributed by atoms with van der Waals surface area (Å²) in [4.78, 5) is 3.69. The van der Waals surface area contributed by atoms with E-state index in [0.29, 0.717) is 5.69 Å². The largest absolute Gasteiger partial charge is 0.398 e. The zero-order valence-electron chi connectivity index (χ0n) is 7.02. The van der Waals surface area contributed by atoms with Crippen LogP contribution in [0.1, 0.15) is 23.4 Å². The molecule has 1 aromatic heterocycles. The van der Waals surface area contributed by atoms with E-state index in [2.05, 4.69) is 4.98 Å². The molecule has 5 heteroatoms. The highest BCUT2D eigenvalue weighted by Gasteiger charge is 2.16. The third kappa shape index (κ3) is 2.06. The fourth-order valence-electron chi connectivity index (χ4n) is 1.08. The van der Waals surface area contributed by atoms with Gasteiger partial charge < -0.3 is 5.73 Å². The Kier molecular flexibility index (Phi) is 3.03. The molecule has 0 atom stereocenters. The van der Waals surface area contributed by atoms with E-state index in [4.69, 9.17) is 17.3 Å². The fraction of sp³-hybridized carbons (Fsp3) is 0.375. The predicted molar refractivity (Wildman–Crippen MR) is 47.9 cm³/mol. The van der Waals surface area contributed by atoms with Gasteiger partial charge in [-0.1, -0.05) is 0 Å². The van der Waals surface area contributed by atoms with Crippen molar-refractivity contribution in [2.24, 2.45) is 0 Å². The Hall–Kier alpha value is -0.900. The van der Waals surface area contributed by atoms with Crippen LogP contribution in [-0.2, 0) is 5.88 Å². The van der Waals surface area contributed by atoms with Gasteiger partial charge in [0.05, 0.1) is 5.88 Å². The van der Waals surface area contributed by atoms with Gasteiger partial charge in [-0.15, -0.1) is 11.6 Å². The minimum Gasteiger partial charge on any atom is -0.398 e. The third-order valence-electron chi connectivity index (χ3n) is 1.66. The summed E-state index contributed by atoms with van der Waals surface area (Å²) in [6.45, 7) is 1.61. The second-order valence-corrected chi connectivity index (χ2v) is 2.92. The molecule has 0 fully saturated rings. The van der Waals surface area contributed by atoms with Gasteiger partial charge in [-0.3, -0.25) is 4.98 Å². The molecule has 0 saturated carbocycles. The van der Waals surface area contributed by atoms with Crippen LogP contribution in [-0.4, -0.2) is 4.98 Å². The lowest BCUT2D eigenvalue weighted by atomic mass is 10.1. The summed E-state index contributed by atoms with van der Waals surface area (Å²) in [5, 5.41) is 0. The molecule has 0 saturated heterocycles. The normalized spacial score (nSPS) is 10.8. The molecule has 0 aliphatic heterocycles. The lowest BCUT2D eigenvalue weighted by molar-refractivity contribution is 0.145. The number of nitrogen functional groups attached to an aromatic ring is 1. The molecule has 0 aliphatic rings. The number of pyridine rings is 1. The standard InChI is InChI=1S/C8H9ClF2N2/c1-4-2-6(12)5(3-9)7(13-4)8(10)11/h2,8H,3H2,1H3,(H2,12,13).